The Morgan fingerprint density at radius 3 is 2.39 bits per heavy atom. The summed E-state index contributed by atoms with van der Waals surface area (Å²) < 4.78 is 26.8. The van der Waals surface area contributed by atoms with Crippen LogP contribution < -0.4 is 5.32 Å². The Bertz CT molecular complexity index is 1050. The van der Waals surface area contributed by atoms with Gasteiger partial charge in [-0.3, -0.25) is 4.79 Å². The molecule has 0 fully saturated rings. The normalized spacial score (nSPS) is 11.4. The van der Waals surface area contributed by atoms with E-state index >= 15 is 0 Å². The van der Waals surface area contributed by atoms with Gasteiger partial charge in [0.25, 0.3) is 11.8 Å². The molecule has 2 heterocycles. The van der Waals surface area contributed by atoms with Gasteiger partial charge < -0.3 is 15.5 Å². The minimum absolute atomic E-state index is 0.0278. The second-order valence-electron chi connectivity index (χ2n) is 5.83. The molecule has 2 aromatic heterocycles. The largest absolute Gasteiger partial charge is 0.506 e. The number of nitrogens with one attached hydrogen (secondary N) is 1. The van der Waals surface area contributed by atoms with Gasteiger partial charge in [-0.25, -0.2) is 13.6 Å². The van der Waals surface area contributed by atoms with Gasteiger partial charge in [-0.2, -0.15) is 0 Å². The minimum Gasteiger partial charge on any atom is -0.506 e. The molecule has 3 rings (SSSR count). The molecule has 0 spiro atoms. The van der Waals surface area contributed by atoms with Crippen molar-refractivity contribution < 1.29 is 28.6 Å². The Morgan fingerprint density at radius 2 is 1.86 bits per heavy atom. The maximum Gasteiger partial charge on any atom is 0.339 e. The fourth-order valence-corrected chi connectivity index (χ4v) is 4.38. The summed E-state index contributed by atoms with van der Waals surface area (Å²) in [5, 5.41) is 23.9. The number of carbonyl (C=O) groups excluding carboxylic acids is 1. The molecule has 0 bridgehead atoms. The number of carboxylic acid groups (broad SMARTS) is 1. The summed E-state index contributed by atoms with van der Waals surface area (Å²) in [7, 11) is 0. The van der Waals surface area contributed by atoms with Gasteiger partial charge in [0, 0.05) is 29.0 Å². The van der Waals surface area contributed by atoms with Crippen LogP contribution in [0.25, 0.3) is 11.1 Å². The lowest BCUT2D eigenvalue weighted by Crippen LogP contribution is -2.12. The Kier molecular flexibility index (Phi) is 5.42. The molecular formula is C18H12ClF2NO4S2. The topological polar surface area (TPSA) is 86.6 Å². The molecule has 1 amide bonds. The van der Waals surface area contributed by atoms with Crippen molar-refractivity contribution in [3.05, 3.63) is 56.1 Å². The van der Waals surface area contributed by atoms with Crippen molar-refractivity contribution >= 4 is 51.2 Å². The smallest absolute Gasteiger partial charge is 0.339 e. The number of rotatable bonds is 5. The third kappa shape index (κ3) is 4.01. The number of alkyl halides is 2. The van der Waals surface area contributed by atoms with Crippen LogP contribution in [0.3, 0.4) is 0 Å². The average Bonchev–Trinajstić information content (AvgIpc) is 3.19. The van der Waals surface area contributed by atoms with Crippen LogP contribution in [0, 0.1) is 0 Å². The summed E-state index contributed by atoms with van der Waals surface area (Å²) in [5.74, 6) is -5.94. The number of carbonyl (C=O) groups is 2. The first-order valence-corrected chi connectivity index (χ1v) is 9.78. The molecule has 0 aliphatic rings. The highest BCUT2D eigenvalue weighted by Crippen LogP contribution is 2.40. The zero-order chi connectivity index (χ0) is 20.6. The van der Waals surface area contributed by atoms with Gasteiger partial charge in [-0.05, 0) is 17.7 Å². The van der Waals surface area contributed by atoms with Crippen molar-refractivity contribution in [3.63, 3.8) is 0 Å². The lowest BCUT2D eigenvalue weighted by atomic mass is 10.0. The molecule has 146 valence electrons. The molecule has 3 aromatic rings. The number of thiophene rings is 2. The number of benzene rings is 1. The highest BCUT2D eigenvalue weighted by Gasteiger charge is 2.31. The quantitative estimate of drug-likeness (QED) is 0.458. The molecule has 0 radical (unpaired) electrons. The number of halogens is 3. The van der Waals surface area contributed by atoms with E-state index in [0.717, 1.165) is 17.4 Å². The van der Waals surface area contributed by atoms with Gasteiger partial charge in [0.05, 0.1) is 4.88 Å². The van der Waals surface area contributed by atoms with Gasteiger partial charge >= 0.3 is 5.97 Å². The Morgan fingerprint density at radius 1 is 1.21 bits per heavy atom. The van der Waals surface area contributed by atoms with Crippen LogP contribution in [-0.4, -0.2) is 22.1 Å². The summed E-state index contributed by atoms with van der Waals surface area (Å²) in [5.41, 5.74) is 0.823. The van der Waals surface area contributed by atoms with E-state index in [1.54, 1.807) is 29.6 Å². The highest BCUT2D eigenvalue weighted by atomic mass is 35.5. The molecule has 0 unspecified atom stereocenters. The maximum atomic E-state index is 13.4. The minimum atomic E-state index is -3.21. The maximum absolute atomic E-state index is 13.4. The van der Waals surface area contributed by atoms with E-state index in [2.05, 4.69) is 5.32 Å². The number of aromatic carboxylic acids is 1. The van der Waals surface area contributed by atoms with Crippen LogP contribution in [0.4, 0.5) is 13.8 Å². The van der Waals surface area contributed by atoms with E-state index in [1.807, 2.05) is 0 Å². The molecule has 28 heavy (non-hydrogen) atoms. The van der Waals surface area contributed by atoms with Crippen LogP contribution in [0.15, 0.2) is 35.7 Å². The fourth-order valence-electron chi connectivity index (χ4n) is 2.42. The first kappa shape index (κ1) is 20.2. The average molecular weight is 444 g/mol. The molecule has 5 nitrogen and oxygen atoms in total. The molecular weight excluding hydrogens is 432 g/mol. The summed E-state index contributed by atoms with van der Waals surface area (Å²) in [6.07, 6.45) is 0. The van der Waals surface area contributed by atoms with Crippen molar-refractivity contribution in [3.8, 4) is 16.9 Å². The number of carboxylic acids is 1. The first-order chi connectivity index (χ1) is 13.1. The Balaban J connectivity index is 1.95. The molecule has 0 saturated heterocycles. The van der Waals surface area contributed by atoms with E-state index in [0.29, 0.717) is 34.4 Å². The van der Waals surface area contributed by atoms with Crippen molar-refractivity contribution in [2.45, 2.75) is 12.8 Å². The second-order valence-corrected chi connectivity index (χ2v) is 8.20. The van der Waals surface area contributed by atoms with Gasteiger partial charge in [0.2, 0.25) is 0 Å². The van der Waals surface area contributed by atoms with E-state index < -0.39 is 28.4 Å². The van der Waals surface area contributed by atoms with Gasteiger partial charge in [-0.15, -0.1) is 22.7 Å². The van der Waals surface area contributed by atoms with E-state index in [-0.39, 0.29) is 15.4 Å². The van der Waals surface area contributed by atoms with Crippen molar-refractivity contribution in [1.29, 1.82) is 0 Å². The number of amides is 1. The van der Waals surface area contributed by atoms with Crippen molar-refractivity contribution in [2.24, 2.45) is 0 Å². The Labute approximate surface area is 170 Å². The predicted octanol–water partition coefficient (Wildman–Crippen LogP) is 5.90. The molecule has 0 aliphatic heterocycles. The summed E-state index contributed by atoms with van der Waals surface area (Å²) in [4.78, 5) is 23.4. The van der Waals surface area contributed by atoms with Crippen LogP contribution in [0.2, 0.25) is 5.02 Å². The second kappa shape index (κ2) is 7.50. The Hall–Kier alpha value is -2.49. The molecule has 1 aromatic carbocycles. The molecule has 10 heteroatoms. The zero-order valence-electron chi connectivity index (χ0n) is 14.1. The van der Waals surface area contributed by atoms with Crippen LogP contribution in [-0.2, 0) is 5.92 Å². The number of aromatic hydroxyl groups is 1. The molecule has 0 saturated carbocycles. The van der Waals surface area contributed by atoms with Crippen molar-refractivity contribution in [1.82, 2.24) is 0 Å². The number of anilines is 1. The van der Waals surface area contributed by atoms with Gasteiger partial charge in [0.15, 0.2) is 0 Å². The zero-order valence-corrected chi connectivity index (χ0v) is 16.5. The van der Waals surface area contributed by atoms with Crippen LogP contribution in [0.5, 0.6) is 5.75 Å². The van der Waals surface area contributed by atoms with Gasteiger partial charge in [-0.1, -0.05) is 23.7 Å². The third-order valence-electron chi connectivity index (χ3n) is 3.74. The van der Waals surface area contributed by atoms with E-state index in [9.17, 15) is 28.6 Å². The summed E-state index contributed by atoms with van der Waals surface area (Å²) in [6, 6.07) is 7.32. The van der Waals surface area contributed by atoms with Crippen LogP contribution >= 0.6 is 34.3 Å². The van der Waals surface area contributed by atoms with Crippen molar-refractivity contribution in [2.75, 3.05) is 5.32 Å². The SMILES string of the molecule is CC(F)(F)c1cc(O)c(C(=O)Nc2scc(-c3ccc(Cl)cc3)c2C(=O)O)s1. The standard InChI is InChI=1S/C18H12ClF2NO4S2/c1-18(20,21)12-6-11(23)14(28-12)15(24)22-16-13(17(25)26)10(7-27-16)8-2-4-9(19)5-3-8/h2-7,23H,1H3,(H,22,24)(H,25,26). The lowest BCUT2D eigenvalue weighted by Gasteiger charge is -2.06. The molecule has 0 aliphatic carbocycles. The molecule has 0 atom stereocenters. The predicted molar refractivity (Wildman–Crippen MR) is 105 cm³/mol. The van der Waals surface area contributed by atoms with E-state index in [1.165, 1.54) is 0 Å². The number of hydrogen-bond acceptors (Lipinski definition) is 5. The summed E-state index contributed by atoms with van der Waals surface area (Å²) in [6.45, 7) is 0.653. The van der Waals surface area contributed by atoms with Crippen LogP contribution in [0.1, 0.15) is 31.8 Å². The van der Waals surface area contributed by atoms with E-state index in [4.69, 9.17) is 11.6 Å². The monoisotopic (exact) mass is 443 g/mol. The number of hydrogen-bond donors (Lipinski definition) is 3. The highest BCUT2D eigenvalue weighted by molar-refractivity contribution is 7.16. The summed E-state index contributed by atoms with van der Waals surface area (Å²) >= 11 is 7.26. The van der Waals surface area contributed by atoms with Gasteiger partial charge in [0.1, 0.15) is 21.2 Å². The fraction of sp³-hybridized carbons (Fsp3) is 0.111. The first-order valence-electron chi connectivity index (χ1n) is 7.71. The third-order valence-corrected chi connectivity index (χ3v) is 6.18. The molecule has 3 N–H and O–H groups in total. The lowest BCUT2D eigenvalue weighted by molar-refractivity contribution is 0.0213.